The van der Waals surface area contributed by atoms with Crippen LogP contribution in [-0.4, -0.2) is 21.0 Å². The molecule has 21 heavy (non-hydrogen) atoms. The molecular weight excluding hydrogens is 318 g/mol. The van der Waals surface area contributed by atoms with E-state index in [1.54, 1.807) is 5.51 Å². The van der Waals surface area contributed by atoms with Crippen molar-refractivity contribution in [1.29, 1.82) is 0 Å². The molecule has 0 aliphatic carbocycles. The van der Waals surface area contributed by atoms with Gasteiger partial charge in [0.1, 0.15) is 0 Å². The number of nitro benzene ring substituents is 1. The lowest BCUT2D eigenvalue weighted by atomic mass is 10.1. The first-order valence-corrected chi connectivity index (χ1v) is 7.00. The topological polar surface area (TPSA) is 105 Å². The number of hydrogen-bond acceptors (Lipinski definition) is 6. The van der Waals surface area contributed by atoms with Crippen LogP contribution in [0.15, 0.2) is 17.6 Å². The summed E-state index contributed by atoms with van der Waals surface area (Å²) in [5.74, 6) is -1.29. The van der Waals surface area contributed by atoms with Crippen molar-refractivity contribution in [3.05, 3.63) is 48.9 Å². The third-order valence-electron chi connectivity index (χ3n) is 2.79. The number of carboxylic acids is 1. The molecule has 9 heteroatoms. The second kappa shape index (κ2) is 6.06. The molecule has 7 nitrogen and oxygen atoms in total. The molecule has 1 aromatic heterocycles. The van der Waals surface area contributed by atoms with Gasteiger partial charge in [-0.3, -0.25) is 10.1 Å². The SMILES string of the molecule is Cc1ncsc1CNc1c(Cl)cc([N+](=O)[O-])cc1C(=O)O. The highest BCUT2D eigenvalue weighted by Gasteiger charge is 2.20. The number of hydrogen-bond donors (Lipinski definition) is 2. The summed E-state index contributed by atoms with van der Waals surface area (Å²) in [6.45, 7) is 2.18. The van der Waals surface area contributed by atoms with Gasteiger partial charge in [0.25, 0.3) is 5.69 Å². The Morgan fingerprint density at radius 1 is 1.57 bits per heavy atom. The van der Waals surface area contributed by atoms with Crippen molar-refractivity contribution in [1.82, 2.24) is 4.98 Å². The second-order valence-electron chi connectivity index (χ2n) is 4.13. The number of aromatic nitrogens is 1. The number of halogens is 1. The van der Waals surface area contributed by atoms with Crippen LogP contribution in [-0.2, 0) is 6.54 Å². The monoisotopic (exact) mass is 327 g/mol. The molecule has 2 rings (SSSR count). The van der Waals surface area contributed by atoms with Crippen LogP contribution in [0, 0.1) is 17.0 Å². The fraction of sp³-hybridized carbons (Fsp3) is 0.167. The molecule has 0 fully saturated rings. The van der Waals surface area contributed by atoms with Gasteiger partial charge >= 0.3 is 5.97 Å². The number of rotatable bonds is 5. The van der Waals surface area contributed by atoms with Gasteiger partial charge < -0.3 is 10.4 Å². The molecule has 0 aliphatic heterocycles. The second-order valence-corrected chi connectivity index (χ2v) is 5.47. The van der Waals surface area contributed by atoms with E-state index in [-0.39, 0.29) is 22.0 Å². The third-order valence-corrected chi connectivity index (χ3v) is 4.02. The van der Waals surface area contributed by atoms with Gasteiger partial charge in [0, 0.05) is 17.0 Å². The predicted molar refractivity (Wildman–Crippen MR) is 79.2 cm³/mol. The minimum absolute atomic E-state index is 0.0104. The average molecular weight is 328 g/mol. The first kappa shape index (κ1) is 15.2. The molecular formula is C12H10ClN3O4S. The van der Waals surface area contributed by atoms with E-state index >= 15 is 0 Å². The fourth-order valence-electron chi connectivity index (χ4n) is 1.71. The summed E-state index contributed by atoms with van der Waals surface area (Å²) in [6.07, 6.45) is 0. The summed E-state index contributed by atoms with van der Waals surface area (Å²) < 4.78 is 0. The highest BCUT2D eigenvalue weighted by Crippen LogP contribution is 2.32. The Morgan fingerprint density at radius 2 is 2.29 bits per heavy atom. The van der Waals surface area contributed by atoms with E-state index in [0.717, 1.165) is 22.7 Å². The normalized spacial score (nSPS) is 10.4. The summed E-state index contributed by atoms with van der Waals surface area (Å²) in [6, 6.07) is 2.10. The molecule has 0 unspecified atom stereocenters. The number of carboxylic acid groups (broad SMARTS) is 1. The van der Waals surface area contributed by atoms with Gasteiger partial charge in [-0.15, -0.1) is 11.3 Å². The largest absolute Gasteiger partial charge is 0.478 e. The summed E-state index contributed by atoms with van der Waals surface area (Å²) in [5.41, 5.74) is 2.07. The van der Waals surface area contributed by atoms with E-state index in [0.29, 0.717) is 6.54 Å². The zero-order valence-corrected chi connectivity index (χ0v) is 12.4. The molecule has 0 amide bonds. The number of thiazole rings is 1. The molecule has 2 N–H and O–H groups in total. The van der Waals surface area contributed by atoms with Crippen LogP contribution < -0.4 is 5.32 Å². The molecule has 0 spiro atoms. The first-order valence-electron chi connectivity index (χ1n) is 5.74. The zero-order chi connectivity index (χ0) is 15.6. The summed E-state index contributed by atoms with van der Waals surface area (Å²) in [4.78, 5) is 26.3. The Morgan fingerprint density at radius 3 is 2.81 bits per heavy atom. The molecule has 0 aliphatic rings. The Balaban J connectivity index is 2.36. The van der Waals surface area contributed by atoms with Crippen LogP contribution in [0.3, 0.4) is 0 Å². The number of nitro groups is 1. The van der Waals surface area contributed by atoms with E-state index in [9.17, 15) is 20.0 Å². The lowest BCUT2D eigenvalue weighted by molar-refractivity contribution is -0.384. The van der Waals surface area contributed by atoms with Crippen molar-refractivity contribution in [2.24, 2.45) is 0 Å². The highest BCUT2D eigenvalue weighted by molar-refractivity contribution is 7.09. The number of benzene rings is 1. The van der Waals surface area contributed by atoms with Gasteiger partial charge in [0.05, 0.1) is 38.9 Å². The number of aryl methyl sites for hydroxylation is 1. The Kier molecular flexibility index (Phi) is 4.39. The van der Waals surface area contributed by atoms with Crippen LogP contribution in [0.2, 0.25) is 5.02 Å². The van der Waals surface area contributed by atoms with Gasteiger partial charge in [-0.25, -0.2) is 9.78 Å². The summed E-state index contributed by atoms with van der Waals surface area (Å²) in [7, 11) is 0. The number of nitrogens with zero attached hydrogens (tertiary/aromatic N) is 2. The Labute approximate surface area is 128 Å². The van der Waals surface area contributed by atoms with Gasteiger partial charge in [0.2, 0.25) is 0 Å². The Hall–Kier alpha value is -2.19. The molecule has 0 saturated heterocycles. The van der Waals surface area contributed by atoms with E-state index in [1.807, 2.05) is 6.92 Å². The smallest absolute Gasteiger partial charge is 0.338 e. The molecule has 110 valence electrons. The van der Waals surface area contributed by atoms with Crippen LogP contribution in [0.1, 0.15) is 20.9 Å². The van der Waals surface area contributed by atoms with Crippen molar-refractivity contribution < 1.29 is 14.8 Å². The van der Waals surface area contributed by atoms with E-state index in [2.05, 4.69) is 10.3 Å². The summed E-state index contributed by atoms with van der Waals surface area (Å²) >= 11 is 7.38. The van der Waals surface area contributed by atoms with Crippen LogP contribution in [0.5, 0.6) is 0 Å². The maximum atomic E-state index is 11.2. The van der Waals surface area contributed by atoms with Crippen LogP contribution in [0.4, 0.5) is 11.4 Å². The van der Waals surface area contributed by atoms with Gasteiger partial charge in [-0.1, -0.05) is 11.6 Å². The molecule has 0 atom stereocenters. The number of aromatic carboxylic acids is 1. The first-order chi connectivity index (χ1) is 9.90. The van der Waals surface area contributed by atoms with Crippen molar-refractivity contribution >= 4 is 40.3 Å². The third kappa shape index (κ3) is 3.29. The van der Waals surface area contributed by atoms with E-state index in [4.69, 9.17) is 11.6 Å². The molecule has 0 saturated carbocycles. The highest BCUT2D eigenvalue weighted by atomic mass is 35.5. The quantitative estimate of drug-likeness (QED) is 0.644. The minimum atomic E-state index is -1.29. The van der Waals surface area contributed by atoms with Crippen molar-refractivity contribution in [2.75, 3.05) is 5.32 Å². The maximum absolute atomic E-state index is 11.2. The molecule has 1 aromatic carbocycles. The number of anilines is 1. The number of non-ortho nitro benzene ring substituents is 1. The number of nitrogens with one attached hydrogen (secondary N) is 1. The van der Waals surface area contributed by atoms with E-state index in [1.165, 1.54) is 11.3 Å². The van der Waals surface area contributed by atoms with E-state index < -0.39 is 10.9 Å². The van der Waals surface area contributed by atoms with Crippen LogP contribution in [0.25, 0.3) is 0 Å². The molecule has 2 aromatic rings. The molecule has 1 heterocycles. The van der Waals surface area contributed by atoms with Crippen molar-refractivity contribution in [3.63, 3.8) is 0 Å². The molecule has 0 bridgehead atoms. The fourth-order valence-corrected chi connectivity index (χ4v) is 2.71. The van der Waals surface area contributed by atoms with Crippen molar-refractivity contribution in [3.8, 4) is 0 Å². The summed E-state index contributed by atoms with van der Waals surface area (Å²) in [5, 5.41) is 22.8. The van der Waals surface area contributed by atoms with Gasteiger partial charge in [0.15, 0.2) is 0 Å². The predicted octanol–water partition coefficient (Wildman–Crippen LogP) is 3.32. The zero-order valence-electron chi connectivity index (χ0n) is 10.8. The molecule has 0 radical (unpaired) electrons. The van der Waals surface area contributed by atoms with Gasteiger partial charge in [-0.2, -0.15) is 0 Å². The maximum Gasteiger partial charge on any atom is 0.338 e. The van der Waals surface area contributed by atoms with Crippen LogP contribution >= 0.6 is 22.9 Å². The van der Waals surface area contributed by atoms with Gasteiger partial charge in [-0.05, 0) is 6.92 Å². The average Bonchev–Trinajstić information content (AvgIpc) is 2.81. The van der Waals surface area contributed by atoms with Crippen molar-refractivity contribution in [2.45, 2.75) is 13.5 Å². The number of carbonyl (C=O) groups is 1. The standard InChI is InChI=1S/C12H10ClN3O4S/c1-6-10(21-5-15-6)4-14-11-8(12(17)18)2-7(16(19)20)3-9(11)13/h2-3,5,14H,4H2,1H3,(H,17,18). The lowest BCUT2D eigenvalue weighted by Crippen LogP contribution is -2.08. The Bertz CT molecular complexity index is 717. The lowest BCUT2D eigenvalue weighted by Gasteiger charge is -2.11. The minimum Gasteiger partial charge on any atom is -0.478 e.